The van der Waals surface area contributed by atoms with Gasteiger partial charge in [-0.25, -0.2) is 12.8 Å². The van der Waals surface area contributed by atoms with Crippen LogP contribution in [0.25, 0.3) is 0 Å². The Morgan fingerprint density at radius 3 is 2.81 bits per heavy atom. The number of hydrogen-bond donors (Lipinski definition) is 0. The van der Waals surface area contributed by atoms with Crippen LogP contribution in [0.1, 0.15) is 18.4 Å². The van der Waals surface area contributed by atoms with Crippen molar-refractivity contribution in [2.45, 2.75) is 24.7 Å². The molecule has 0 aliphatic carbocycles. The molecule has 0 N–H and O–H groups in total. The average Bonchev–Trinajstić information content (AvgIpc) is 2.49. The van der Waals surface area contributed by atoms with Crippen LogP contribution in [0.3, 0.4) is 0 Å². The van der Waals surface area contributed by atoms with Gasteiger partial charge in [-0.3, -0.25) is 4.79 Å². The summed E-state index contributed by atoms with van der Waals surface area (Å²) >= 11 is 0. The van der Waals surface area contributed by atoms with E-state index in [0.717, 1.165) is 10.4 Å². The summed E-state index contributed by atoms with van der Waals surface area (Å²) in [6.07, 6.45) is 1.13. The van der Waals surface area contributed by atoms with E-state index < -0.39 is 27.7 Å². The molecule has 0 radical (unpaired) electrons. The molecule has 21 heavy (non-hydrogen) atoms. The van der Waals surface area contributed by atoms with Gasteiger partial charge in [0, 0.05) is 13.1 Å². The molecular formula is C14H18FNO4S. The van der Waals surface area contributed by atoms with Crippen LogP contribution in [-0.2, 0) is 19.6 Å². The Morgan fingerprint density at radius 1 is 1.43 bits per heavy atom. The molecule has 1 aliphatic rings. The molecule has 1 aromatic rings. The van der Waals surface area contributed by atoms with E-state index in [9.17, 15) is 17.6 Å². The van der Waals surface area contributed by atoms with Crippen molar-refractivity contribution in [3.63, 3.8) is 0 Å². The van der Waals surface area contributed by atoms with Crippen LogP contribution in [0.5, 0.6) is 0 Å². The maximum absolute atomic E-state index is 13.8. The smallest absolute Gasteiger partial charge is 0.309 e. The number of halogens is 1. The Hall–Kier alpha value is -1.47. The number of nitrogens with zero attached hydrogens (tertiary/aromatic N) is 1. The Morgan fingerprint density at radius 2 is 2.14 bits per heavy atom. The standard InChI is InChI=1S/C14H18FNO4S/c1-10-5-6-12(15)13(8-10)21(18,19)16-7-3-4-11(9-16)14(17)20-2/h5-6,8,11H,3-4,7,9H2,1-2H3. The van der Waals surface area contributed by atoms with Crippen molar-refractivity contribution in [1.29, 1.82) is 0 Å². The third kappa shape index (κ3) is 3.24. The number of methoxy groups -OCH3 is 1. The van der Waals surface area contributed by atoms with Gasteiger partial charge in [0.2, 0.25) is 10.0 Å². The first kappa shape index (κ1) is 15.9. The van der Waals surface area contributed by atoms with Crippen molar-refractivity contribution in [2.24, 2.45) is 5.92 Å². The summed E-state index contributed by atoms with van der Waals surface area (Å²) in [6, 6.07) is 3.97. The zero-order chi connectivity index (χ0) is 15.6. The molecule has 7 heteroatoms. The molecule has 0 saturated carbocycles. The van der Waals surface area contributed by atoms with E-state index in [4.69, 9.17) is 0 Å². The number of hydrogen-bond acceptors (Lipinski definition) is 4. The minimum absolute atomic E-state index is 0.0301. The maximum atomic E-state index is 13.8. The molecule has 1 aromatic carbocycles. The molecule has 0 amide bonds. The first-order chi connectivity index (χ1) is 9.86. The number of benzene rings is 1. The third-order valence-electron chi connectivity index (χ3n) is 3.62. The van der Waals surface area contributed by atoms with Crippen molar-refractivity contribution >= 4 is 16.0 Å². The monoisotopic (exact) mass is 315 g/mol. The topological polar surface area (TPSA) is 63.7 Å². The molecule has 1 unspecified atom stereocenters. The summed E-state index contributed by atoms with van der Waals surface area (Å²) in [7, 11) is -2.67. The van der Waals surface area contributed by atoms with E-state index in [1.807, 2.05) is 0 Å². The SMILES string of the molecule is COC(=O)C1CCCN(S(=O)(=O)c2cc(C)ccc2F)C1. The molecular weight excluding hydrogens is 297 g/mol. The first-order valence-electron chi connectivity index (χ1n) is 6.70. The van der Waals surface area contributed by atoms with Gasteiger partial charge in [0.1, 0.15) is 10.7 Å². The first-order valence-corrected chi connectivity index (χ1v) is 8.14. The summed E-state index contributed by atoms with van der Waals surface area (Å²) in [5.41, 5.74) is 0.663. The van der Waals surface area contributed by atoms with Crippen LogP contribution >= 0.6 is 0 Å². The molecule has 1 saturated heterocycles. The molecule has 2 rings (SSSR count). The molecule has 116 valence electrons. The largest absolute Gasteiger partial charge is 0.469 e. The van der Waals surface area contributed by atoms with Crippen LogP contribution < -0.4 is 0 Å². The van der Waals surface area contributed by atoms with Gasteiger partial charge >= 0.3 is 5.97 Å². The average molecular weight is 315 g/mol. The predicted octanol–water partition coefficient (Wildman–Crippen LogP) is 1.71. The maximum Gasteiger partial charge on any atom is 0.309 e. The lowest BCUT2D eigenvalue weighted by Gasteiger charge is -2.30. The number of esters is 1. The molecule has 1 aliphatic heterocycles. The Balaban J connectivity index is 2.31. The van der Waals surface area contributed by atoms with E-state index in [1.54, 1.807) is 6.92 Å². The second kappa shape index (κ2) is 6.11. The fraction of sp³-hybridized carbons (Fsp3) is 0.500. The lowest BCUT2D eigenvalue weighted by Crippen LogP contribution is -2.42. The number of carbonyl (C=O) groups excluding carboxylic acids is 1. The second-order valence-electron chi connectivity index (χ2n) is 5.16. The minimum Gasteiger partial charge on any atom is -0.469 e. The van der Waals surface area contributed by atoms with Crippen LogP contribution in [0.15, 0.2) is 23.1 Å². The van der Waals surface area contributed by atoms with Gasteiger partial charge in [-0.15, -0.1) is 0 Å². The van der Waals surface area contributed by atoms with Gasteiger partial charge in [-0.2, -0.15) is 4.31 Å². The number of piperidine rings is 1. The van der Waals surface area contributed by atoms with Crippen molar-refractivity contribution < 1.29 is 22.3 Å². The van der Waals surface area contributed by atoms with E-state index in [2.05, 4.69) is 4.74 Å². The fourth-order valence-corrected chi connectivity index (χ4v) is 4.14. The number of carbonyl (C=O) groups is 1. The van der Waals surface area contributed by atoms with Gasteiger partial charge in [0.15, 0.2) is 0 Å². The van der Waals surface area contributed by atoms with Crippen LogP contribution in [0.4, 0.5) is 4.39 Å². The van der Waals surface area contributed by atoms with Crippen molar-refractivity contribution in [2.75, 3.05) is 20.2 Å². The van der Waals surface area contributed by atoms with Crippen LogP contribution in [0.2, 0.25) is 0 Å². The predicted molar refractivity (Wildman–Crippen MR) is 74.6 cm³/mol. The molecule has 0 spiro atoms. The zero-order valence-corrected chi connectivity index (χ0v) is 12.8. The summed E-state index contributed by atoms with van der Waals surface area (Å²) < 4.78 is 44.8. The summed E-state index contributed by atoms with van der Waals surface area (Å²) in [5, 5.41) is 0. The molecule has 1 fully saturated rings. The molecule has 1 heterocycles. The van der Waals surface area contributed by atoms with E-state index in [0.29, 0.717) is 18.4 Å². The number of aryl methyl sites for hydroxylation is 1. The molecule has 0 aromatic heterocycles. The Kier molecular flexibility index (Phi) is 4.63. The normalized spacial score (nSPS) is 20.2. The lowest BCUT2D eigenvalue weighted by atomic mass is 10.0. The van der Waals surface area contributed by atoms with Crippen molar-refractivity contribution in [3.05, 3.63) is 29.6 Å². The minimum atomic E-state index is -3.94. The highest BCUT2D eigenvalue weighted by molar-refractivity contribution is 7.89. The highest BCUT2D eigenvalue weighted by atomic mass is 32.2. The van der Waals surface area contributed by atoms with Crippen LogP contribution in [-0.4, -0.2) is 38.9 Å². The Bertz CT molecular complexity index is 644. The third-order valence-corrected chi connectivity index (χ3v) is 5.50. The second-order valence-corrected chi connectivity index (χ2v) is 7.07. The number of sulfonamides is 1. The van der Waals surface area contributed by atoms with E-state index >= 15 is 0 Å². The van der Waals surface area contributed by atoms with Gasteiger partial charge in [-0.05, 0) is 37.5 Å². The summed E-state index contributed by atoms with van der Waals surface area (Å²) in [6.45, 7) is 2.01. The van der Waals surface area contributed by atoms with Crippen LogP contribution in [0, 0.1) is 18.7 Å². The summed E-state index contributed by atoms with van der Waals surface area (Å²) in [4.78, 5) is 11.2. The van der Waals surface area contributed by atoms with E-state index in [-0.39, 0.29) is 18.0 Å². The highest BCUT2D eigenvalue weighted by Gasteiger charge is 2.35. The lowest BCUT2D eigenvalue weighted by molar-refractivity contribution is -0.146. The summed E-state index contributed by atoms with van der Waals surface area (Å²) in [5.74, 6) is -1.70. The van der Waals surface area contributed by atoms with Crippen molar-refractivity contribution in [1.82, 2.24) is 4.31 Å². The van der Waals surface area contributed by atoms with Crippen molar-refractivity contribution in [3.8, 4) is 0 Å². The molecule has 5 nitrogen and oxygen atoms in total. The molecule has 0 bridgehead atoms. The fourth-order valence-electron chi connectivity index (χ4n) is 2.47. The number of rotatable bonds is 3. The van der Waals surface area contributed by atoms with Gasteiger partial charge in [0.05, 0.1) is 13.0 Å². The number of ether oxygens (including phenoxy) is 1. The van der Waals surface area contributed by atoms with Gasteiger partial charge < -0.3 is 4.74 Å². The van der Waals surface area contributed by atoms with Gasteiger partial charge in [0.25, 0.3) is 0 Å². The quantitative estimate of drug-likeness (QED) is 0.797. The van der Waals surface area contributed by atoms with Gasteiger partial charge in [-0.1, -0.05) is 6.07 Å². The Labute approximate surface area is 123 Å². The molecule has 1 atom stereocenters. The highest BCUT2D eigenvalue weighted by Crippen LogP contribution is 2.26. The zero-order valence-electron chi connectivity index (χ0n) is 12.0. The van der Waals surface area contributed by atoms with E-state index in [1.165, 1.54) is 19.2 Å².